The second-order valence-electron chi connectivity index (χ2n) is 11.1. The summed E-state index contributed by atoms with van der Waals surface area (Å²) < 4.78 is 46.1. The van der Waals surface area contributed by atoms with E-state index in [0.29, 0.717) is 35.7 Å². The summed E-state index contributed by atoms with van der Waals surface area (Å²) in [5.74, 6) is -1.67. The van der Waals surface area contributed by atoms with E-state index in [-0.39, 0.29) is 36.5 Å². The van der Waals surface area contributed by atoms with Gasteiger partial charge in [0.2, 0.25) is 5.91 Å². The Morgan fingerprint density at radius 1 is 1.11 bits per heavy atom. The molecule has 0 bridgehead atoms. The number of nitrogens with zero attached hydrogens (tertiary/aromatic N) is 6. The van der Waals surface area contributed by atoms with Crippen LogP contribution in [0, 0.1) is 11.6 Å². The van der Waals surface area contributed by atoms with E-state index >= 15 is 4.39 Å². The number of hydrogen-bond donors (Lipinski definition) is 0. The van der Waals surface area contributed by atoms with E-state index in [0.717, 1.165) is 38.3 Å². The van der Waals surface area contributed by atoms with Crippen molar-refractivity contribution in [3.05, 3.63) is 84.0 Å². The number of fused-ring (bicyclic) bond motifs is 3. The fourth-order valence-electron chi connectivity index (χ4n) is 6.15. The van der Waals surface area contributed by atoms with Gasteiger partial charge in [0.05, 0.1) is 47.9 Å². The first-order valence-electron chi connectivity index (χ1n) is 14.7. The van der Waals surface area contributed by atoms with Gasteiger partial charge in [0.1, 0.15) is 35.4 Å². The van der Waals surface area contributed by atoms with Crippen molar-refractivity contribution in [2.24, 2.45) is 7.05 Å². The monoisotopic (exact) mass is 640 g/mol. The Labute approximate surface area is 267 Å². The molecule has 0 saturated heterocycles. The SMILES string of the molecule is C=CC(=O)N1CCn2nc(-c3nc(-c4ccc5c(cnn5C)c4)c4ccsc4c3-c3c(F)cc(F)cc3OCCOC)cc2[C@H]1C. The number of thiophene rings is 1. The van der Waals surface area contributed by atoms with Gasteiger partial charge in [-0.15, -0.1) is 11.3 Å². The Morgan fingerprint density at radius 3 is 2.76 bits per heavy atom. The minimum Gasteiger partial charge on any atom is -0.490 e. The van der Waals surface area contributed by atoms with Crippen molar-refractivity contribution in [3.8, 4) is 39.5 Å². The van der Waals surface area contributed by atoms with Crippen molar-refractivity contribution in [1.82, 2.24) is 29.4 Å². The number of rotatable bonds is 8. The summed E-state index contributed by atoms with van der Waals surface area (Å²) in [6.07, 6.45) is 3.11. The highest BCUT2D eigenvalue weighted by molar-refractivity contribution is 7.18. The number of aromatic nitrogens is 5. The number of ether oxygens (including phenoxy) is 2. The number of hydrogen-bond acceptors (Lipinski definition) is 7. The smallest absolute Gasteiger partial charge is 0.246 e. The number of benzene rings is 2. The molecule has 0 radical (unpaired) electrons. The van der Waals surface area contributed by atoms with E-state index in [9.17, 15) is 9.18 Å². The van der Waals surface area contributed by atoms with Crippen LogP contribution in [0.3, 0.4) is 0 Å². The molecule has 234 valence electrons. The van der Waals surface area contributed by atoms with Gasteiger partial charge in [0, 0.05) is 59.4 Å². The van der Waals surface area contributed by atoms with E-state index in [1.54, 1.807) is 15.8 Å². The second-order valence-corrected chi connectivity index (χ2v) is 12.0. The molecule has 5 heterocycles. The van der Waals surface area contributed by atoms with Crippen LogP contribution >= 0.6 is 11.3 Å². The molecule has 1 amide bonds. The maximum atomic E-state index is 16.0. The van der Waals surface area contributed by atoms with Gasteiger partial charge in [-0.3, -0.25) is 14.2 Å². The summed E-state index contributed by atoms with van der Waals surface area (Å²) in [6, 6.07) is 11.6. The number of halogens is 2. The average Bonchev–Trinajstić information content (AvgIpc) is 3.79. The van der Waals surface area contributed by atoms with Gasteiger partial charge in [0.25, 0.3) is 0 Å². The Morgan fingerprint density at radius 2 is 1.96 bits per heavy atom. The van der Waals surface area contributed by atoms with E-state index in [1.807, 2.05) is 54.4 Å². The molecule has 9 nitrogen and oxygen atoms in total. The first-order chi connectivity index (χ1) is 22.3. The van der Waals surface area contributed by atoms with Crippen molar-refractivity contribution in [2.75, 3.05) is 26.9 Å². The van der Waals surface area contributed by atoms with Crippen molar-refractivity contribution in [2.45, 2.75) is 19.5 Å². The fraction of sp³-hybridized carbons (Fsp3) is 0.235. The molecule has 4 aromatic heterocycles. The summed E-state index contributed by atoms with van der Waals surface area (Å²) in [4.78, 5) is 19.5. The predicted molar refractivity (Wildman–Crippen MR) is 174 cm³/mol. The predicted octanol–water partition coefficient (Wildman–Crippen LogP) is 6.77. The Balaban J connectivity index is 1.50. The third-order valence-electron chi connectivity index (χ3n) is 8.40. The van der Waals surface area contributed by atoms with E-state index in [4.69, 9.17) is 19.6 Å². The van der Waals surface area contributed by atoms with Crippen LogP contribution in [-0.2, 0) is 23.1 Å². The first-order valence-corrected chi connectivity index (χ1v) is 15.6. The van der Waals surface area contributed by atoms with Gasteiger partial charge < -0.3 is 14.4 Å². The lowest BCUT2D eigenvalue weighted by Gasteiger charge is -2.33. The molecule has 1 aliphatic heterocycles. The van der Waals surface area contributed by atoms with Gasteiger partial charge in [-0.1, -0.05) is 12.6 Å². The largest absolute Gasteiger partial charge is 0.490 e. The molecule has 2 aromatic carbocycles. The van der Waals surface area contributed by atoms with Gasteiger partial charge in [-0.2, -0.15) is 10.2 Å². The average molecular weight is 641 g/mol. The molecule has 6 aromatic rings. The summed E-state index contributed by atoms with van der Waals surface area (Å²) in [7, 11) is 3.42. The molecule has 1 atom stereocenters. The van der Waals surface area contributed by atoms with Crippen LogP contribution in [0.5, 0.6) is 5.75 Å². The molecule has 0 saturated carbocycles. The third kappa shape index (κ3) is 4.94. The highest BCUT2D eigenvalue weighted by atomic mass is 32.1. The molecule has 0 N–H and O–H groups in total. The Hall–Kier alpha value is -4.94. The zero-order chi connectivity index (χ0) is 32.1. The number of aryl methyl sites for hydroxylation is 1. The fourth-order valence-corrected chi connectivity index (χ4v) is 7.10. The lowest BCUT2D eigenvalue weighted by Crippen LogP contribution is -2.40. The van der Waals surface area contributed by atoms with E-state index in [2.05, 4.69) is 11.7 Å². The minimum atomic E-state index is -0.783. The third-order valence-corrected chi connectivity index (χ3v) is 9.33. The van der Waals surface area contributed by atoms with Crippen LogP contribution in [0.25, 0.3) is 54.8 Å². The molecular weight excluding hydrogens is 610 g/mol. The van der Waals surface area contributed by atoms with E-state index < -0.39 is 11.6 Å². The molecule has 7 rings (SSSR count). The van der Waals surface area contributed by atoms with Crippen molar-refractivity contribution < 1.29 is 23.0 Å². The van der Waals surface area contributed by atoms with Crippen molar-refractivity contribution in [1.29, 1.82) is 0 Å². The first kappa shape index (κ1) is 29.8. The quantitative estimate of drug-likeness (QED) is 0.135. The molecule has 0 spiro atoms. The Bertz CT molecular complexity index is 2150. The van der Waals surface area contributed by atoms with E-state index in [1.165, 1.54) is 30.6 Å². The summed E-state index contributed by atoms with van der Waals surface area (Å²) >= 11 is 1.43. The molecule has 46 heavy (non-hydrogen) atoms. The highest BCUT2D eigenvalue weighted by Gasteiger charge is 2.31. The lowest BCUT2D eigenvalue weighted by molar-refractivity contribution is -0.129. The molecule has 0 unspecified atom stereocenters. The number of pyridine rings is 1. The standard InChI is InChI=1S/C34H30F2N6O3S/c1-5-29(43)41-9-10-42-27(19(41)2)17-25(39-42)33-31(30-24(36)15-22(35)16-28(30)45-12-11-44-4)34-23(8-13-46-34)32(38-33)20-6-7-26-21(14-20)18-37-40(26)3/h5-8,13-19H,1,9-12H2,2-4H3/t19-/m1/s1. The Kier molecular flexibility index (Phi) is 7.61. The zero-order valence-electron chi connectivity index (χ0n) is 25.5. The van der Waals surface area contributed by atoms with Gasteiger partial charge in [-0.05, 0) is 42.6 Å². The number of carbonyl (C=O) groups is 1. The van der Waals surface area contributed by atoms with Crippen LogP contribution in [0.2, 0.25) is 0 Å². The second kappa shape index (κ2) is 11.8. The van der Waals surface area contributed by atoms with Crippen molar-refractivity contribution in [3.63, 3.8) is 0 Å². The molecular formula is C34H30F2N6O3S. The summed E-state index contributed by atoms with van der Waals surface area (Å²) in [6.45, 7) is 6.84. The number of methoxy groups -OCH3 is 1. The zero-order valence-corrected chi connectivity index (χ0v) is 26.3. The highest BCUT2D eigenvalue weighted by Crippen LogP contribution is 2.47. The normalized spacial score (nSPS) is 14.6. The van der Waals surface area contributed by atoms with Crippen LogP contribution in [0.4, 0.5) is 8.78 Å². The van der Waals surface area contributed by atoms with Gasteiger partial charge in [-0.25, -0.2) is 13.8 Å². The summed E-state index contributed by atoms with van der Waals surface area (Å²) in [5.41, 5.74) is 4.77. The van der Waals surface area contributed by atoms with Crippen LogP contribution < -0.4 is 4.74 Å². The molecule has 0 fully saturated rings. The van der Waals surface area contributed by atoms with Gasteiger partial charge >= 0.3 is 0 Å². The molecule has 1 aliphatic rings. The van der Waals surface area contributed by atoms with Crippen molar-refractivity contribution >= 4 is 38.2 Å². The lowest BCUT2D eigenvalue weighted by atomic mass is 9.96. The van der Waals surface area contributed by atoms with Crippen LogP contribution in [0.1, 0.15) is 18.7 Å². The van der Waals surface area contributed by atoms with Gasteiger partial charge in [0.15, 0.2) is 0 Å². The van der Waals surface area contributed by atoms with Crippen LogP contribution in [0.15, 0.2) is 66.7 Å². The summed E-state index contributed by atoms with van der Waals surface area (Å²) in [5, 5.41) is 13.0. The maximum Gasteiger partial charge on any atom is 0.246 e. The minimum absolute atomic E-state index is 0.0388. The maximum absolute atomic E-state index is 16.0. The molecule has 0 aliphatic carbocycles. The number of amides is 1. The molecule has 12 heteroatoms. The number of carbonyl (C=O) groups excluding carboxylic acids is 1. The topological polar surface area (TPSA) is 87.3 Å². The van der Waals surface area contributed by atoms with Crippen LogP contribution in [-0.4, -0.2) is 62.2 Å².